The van der Waals surface area contributed by atoms with Crippen LogP contribution in [0.2, 0.25) is 10.0 Å². The Kier molecular flexibility index (Phi) is 6.07. The molecule has 10 heteroatoms. The lowest BCUT2D eigenvalue weighted by Gasteiger charge is -2.13. The van der Waals surface area contributed by atoms with Crippen LogP contribution >= 0.6 is 23.2 Å². The highest BCUT2D eigenvalue weighted by atomic mass is 35.5. The van der Waals surface area contributed by atoms with Crippen LogP contribution in [0.25, 0.3) is 22.0 Å². The summed E-state index contributed by atoms with van der Waals surface area (Å²) in [5.41, 5.74) is 7.46. The predicted octanol–water partition coefficient (Wildman–Crippen LogP) is 7.39. The summed E-state index contributed by atoms with van der Waals surface area (Å²) in [7, 11) is 0. The summed E-state index contributed by atoms with van der Waals surface area (Å²) in [4.78, 5) is 12.6. The maximum Gasteiger partial charge on any atom is 0.167 e. The van der Waals surface area contributed by atoms with E-state index in [2.05, 4.69) is 20.3 Å². The predicted molar refractivity (Wildman–Crippen MR) is 133 cm³/mol. The second-order valence-corrected chi connectivity index (χ2v) is 8.22. The molecule has 0 saturated carbocycles. The Hall–Kier alpha value is -4.01. The number of anilines is 3. The average molecular weight is 510 g/mol. The summed E-state index contributed by atoms with van der Waals surface area (Å²) >= 11 is 12.4. The fraction of sp³-hybridized carbons (Fsp3) is 0. The molecule has 0 aliphatic carbocycles. The van der Waals surface area contributed by atoms with E-state index in [1.54, 1.807) is 36.5 Å². The molecule has 0 unspecified atom stereocenters. The molecule has 35 heavy (non-hydrogen) atoms. The summed E-state index contributed by atoms with van der Waals surface area (Å²) < 4.78 is 34.7. The highest BCUT2D eigenvalue weighted by Crippen LogP contribution is 2.36. The van der Waals surface area contributed by atoms with Crippen LogP contribution in [-0.2, 0) is 0 Å². The Morgan fingerprint density at radius 2 is 1.69 bits per heavy atom. The van der Waals surface area contributed by atoms with Crippen LogP contribution in [0.15, 0.2) is 73.2 Å². The van der Waals surface area contributed by atoms with Gasteiger partial charge in [-0.15, -0.1) is 0 Å². The Morgan fingerprint density at radius 1 is 0.857 bits per heavy atom. The second kappa shape index (κ2) is 9.32. The molecule has 3 heterocycles. The largest absolute Gasteiger partial charge is 0.453 e. The second-order valence-electron chi connectivity index (χ2n) is 7.44. The first kappa shape index (κ1) is 22.8. The molecule has 0 spiro atoms. The number of pyridine rings is 3. The lowest BCUT2D eigenvalue weighted by molar-refractivity contribution is 0.442. The van der Waals surface area contributed by atoms with E-state index in [-0.39, 0.29) is 28.2 Å². The lowest BCUT2D eigenvalue weighted by Crippen LogP contribution is -1.98. The van der Waals surface area contributed by atoms with Gasteiger partial charge in [0.1, 0.15) is 22.5 Å². The van der Waals surface area contributed by atoms with Crippen molar-refractivity contribution >= 4 is 51.4 Å². The topological polar surface area (TPSA) is 86.0 Å². The number of benzene rings is 2. The van der Waals surface area contributed by atoms with Gasteiger partial charge in [-0.2, -0.15) is 0 Å². The first-order valence-corrected chi connectivity index (χ1v) is 11.0. The molecule has 0 saturated heterocycles. The van der Waals surface area contributed by atoms with Crippen LogP contribution in [0.4, 0.5) is 26.1 Å². The molecule has 0 aliphatic rings. The number of halogens is 4. The molecule has 6 nitrogen and oxygen atoms in total. The van der Waals surface area contributed by atoms with Gasteiger partial charge in [-0.1, -0.05) is 41.4 Å². The summed E-state index contributed by atoms with van der Waals surface area (Å²) in [6.07, 6.45) is 4.39. The van der Waals surface area contributed by atoms with Crippen LogP contribution < -0.4 is 15.8 Å². The number of hydrogen-bond acceptors (Lipinski definition) is 6. The summed E-state index contributed by atoms with van der Waals surface area (Å²) in [6, 6.07) is 13.9. The smallest absolute Gasteiger partial charge is 0.167 e. The van der Waals surface area contributed by atoms with Crippen molar-refractivity contribution in [2.24, 2.45) is 0 Å². The third-order valence-corrected chi connectivity index (χ3v) is 5.81. The molecule has 5 rings (SSSR count). The van der Waals surface area contributed by atoms with Crippen molar-refractivity contribution in [1.82, 2.24) is 15.0 Å². The van der Waals surface area contributed by atoms with Gasteiger partial charge in [0.25, 0.3) is 0 Å². The van der Waals surface area contributed by atoms with Crippen LogP contribution in [0.3, 0.4) is 0 Å². The minimum Gasteiger partial charge on any atom is -0.453 e. The van der Waals surface area contributed by atoms with E-state index in [1.807, 2.05) is 0 Å². The third kappa shape index (κ3) is 4.53. The van der Waals surface area contributed by atoms with Crippen molar-refractivity contribution in [2.75, 3.05) is 11.1 Å². The molecular weight excluding hydrogens is 495 g/mol. The van der Waals surface area contributed by atoms with Crippen LogP contribution in [0.1, 0.15) is 0 Å². The third-order valence-electron chi connectivity index (χ3n) is 5.16. The van der Waals surface area contributed by atoms with Gasteiger partial charge in [-0.3, -0.25) is 4.98 Å². The van der Waals surface area contributed by atoms with Crippen LogP contribution in [0, 0.1) is 11.6 Å². The minimum atomic E-state index is -0.648. The van der Waals surface area contributed by atoms with Crippen molar-refractivity contribution < 1.29 is 13.5 Å². The molecule has 174 valence electrons. The number of nitrogen functional groups attached to an aromatic ring is 1. The van der Waals surface area contributed by atoms with Gasteiger partial charge in [0.15, 0.2) is 17.3 Å². The van der Waals surface area contributed by atoms with E-state index in [0.29, 0.717) is 38.6 Å². The van der Waals surface area contributed by atoms with Gasteiger partial charge in [-0.05, 0) is 24.3 Å². The number of nitrogens with one attached hydrogen (secondary N) is 1. The summed E-state index contributed by atoms with van der Waals surface area (Å²) in [5, 5.41) is 4.02. The van der Waals surface area contributed by atoms with Gasteiger partial charge >= 0.3 is 0 Å². The molecule has 2 aromatic carbocycles. The summed E-state index contributed by atoms with van der Waals surface area (Å²) in [5.74, 6) is -0.465. The van der Waals surface area contributed by atoms with Gasteiger partial charge < -0.3 is 15.8 Å². The number of hydrogen-bond donors (Lipinski definition) is 2. The first-order valence-electron chi connectivity index (χ1n) is 10.2. The van der Waals surface area contributed by atoms with E-state index in [4.69, 9.17) is 33.7 Å². The van der Waals surface area contributed by atoms with E-state index in [0.717, 1.165) is 0 Å². The molecule has 0 fully saturated rings. The zero-order valence-electron chi connectivity index (χ0n) is 17.8. The molecule has 0 radical (unpaired) electrons. The zero-order chi connectivity index (χ0) is 24.5. The monoisotopic (exact) mass is 509 g/mol. The van der Waals surface area contributed by atoms with Gasteiger partial charge in [0, 0.05) is 46.7 Å². The summed E-state index contributed by atoms with van der Waals surface area (Å²) in [6.45, 7) is 0. The fourth-order valence-electron chi connectivity index (χ4n) is 3.47. The van der Waals surface area contributed by atoms with Gasteiger partial charge in [0.2, 0.25) is 0 Å². The molecule has 0 aliphatic heterocycles. The van der Waals surface area contributed by atoms with Crippen molar-refractivity contribution in [3.05, 3.63) is 94.9 Å². The van der Waals surface area contributed by atoms with Crippen molar-refractivity contribution in [1.29, 1.82) is 0 Å². The maximum absolute atomic E-state index is 14.8. The minimum absolute atomic E-state index is 0.0551. The molecule has 3 aromatic heterocycles. The van der Waals surface area contributed by atoms with Crippen LogP contribution in [0.5, 0.6) is 11.5 Å². The van der Waals surface area contributed by atoms with Gasteiger partial charge in [-0.25, -0.2) is 18.7 Å². The zero-order valence-corrected chi connectivity index (χ0v) is 19.3. The highest BCUT2D eigenvalue weighted by molar-refractivity contribution is 6.35. The Labute approximate surface area is 208 Å². The van der Waals surface area contributed by atoms with E-state index in [9.17, 15) is 8.78 Å². The molecule has 0 amide bonds. The molecular formula is C25H15Cl2F2N5O. The number of nitrogens with two attached hydrogens (primary N) is 1. The standard InChI is InChI=1S/C25H15Cl2F2N5O/c26-17-12-33-25(16-9-13(11-32-23(16)17)15-3-1-2-4-18(15)28)34-14-5-6-20(19(29)10-14)35-21-7-8-31-24(30)22(21)27/h1-12H,(H2,30,31)(H,33,34). The van der Waals surface area contributed by atoms with E-state index >= 15 is 0 Å². The Morgan fingerprint density at radius 3 is 2.49 bits per heavy atom. The number of rotatable bonds is 5. The van der Waals surface area contributed by atoms with Crippen LogP contribution in [-0.4, -0.2) is 15.0 Å². The molecule has 5 aromatic rings. The number of nitrogens with zero attached hydrogens (tertiary/aromatic N) is 3. The Bertz CT molecular complexity index is 1580. The number of aromatic nitrogens is 3. The van der Waals surface area contributed by atoms with Crippen molar-refractivity contribution in [2.45, 2.75) is 0 Å². The average Bonchev–Trinajstić information content (AvgIpc) is 2.85. The van der Waals surface area contributed by atoms with E-state index < -0.39 is 5.82 Å². The van der Waals surface area contributed by atoms with Crippen molar-refractivity contribution in [3.8, 4) is 22.6 Å². The highest BCUT2D eigenvalue weighted by Gasteiger charge is 2.14. The fourth-order valence-corrected chi connectivity index (χ4v) is 3.82. The molecule has 0 bridgehead atoms. The SMILES string of the molecule is Nc1nccc(Oc2ccc(Nc3ncc(Cl)c4ncc(-c5ccccc5F)cc34)cc2F)c1Cl. The van der Waals surface area contributed by atoms with E-state index in [1.165, 1.54) is 36.7 Å². The molecule has 0 atom stereocenters. The maximum atomic E-state index is 14.8. The number of ether oxygens (including phenoxy) is 1. The Balaban J connectivity index is 1.49. The van der Waals surface area contributed by atoms with Gasteiger partial charge in [0.05, 0.1) is 16.7 Å². The molecule has 3 N–H and O–H groups in total. The quantitative estimate of drug-likeness (QED) is 0.256. The lowest BCUT2D eigenvalue weighted by atomic mass is 10.1. The number of fused-ring (bicyclic) bond motifs is 1. The normalized spacial score (nSPS) is 11.0. The van der Waals surface area contributed by atoms with Crippen molar-refractivity contribution in [3.63, 3.8) is 0 Å². The first-order chi connectivity index (χ1) is 16.9.